The Hall–Kier alpha value is -2.13. The quantitative estimate of drug-likeness (QED) is 0.708. The fourth-order valence-electron chi connectivity index (χ4n) is 2.92. The zero-order valence-electron chi connectivity index (χ0n) is 16.2. The average Bonchev–Trinajstić information content (AvgIpc) is 2.57. The summed E-state index contributed by atoms with van der Waals surface area (Å²) < 4.78 is 45.8. The van der Waals surface area contributed by atoms with Gasteiger partial charge in [-0.25, -0.2) is 13.2 Å². The Kier molecular flexibility index (Phi) is 7.06. The van der Waals surface area contributed by atoms with Crippen molar-refractivity contribution in [3.63, 3.8) is 0 Å². The summed E-state index contributed by atoms with van der Waals surface area (Å²) in [4.78, 5) is 26.2. The summed E-state index contributed by atoms with van der Waals surface area (Å²) in [6, 6.07) is -0.411. The summed E-state index contributed by atoms with van der Waals surface area (Å²) in [6.07, 6.45) is -0.310. The van der Waals surface area contributed by atoms with E-state index in [2.05, 4.69) is 5.32 Å². The number of ether oxygens (including phenoxy) is 1. The number of nitrogens with zero attached hydrogens (tertiary/aromatic N) is 1. The first-order valence-electron chi connectivity index (χ1n) is 9.08. The fourth-order valence-corrected chi connectivity index (χ4v) is 2.92. The number of amides is 2. The lowest BCUT2D eigenvalue weighted by molar-refractivity contribution is -0.148. The summed E-state index contributed by atoms with van der Waals surface area (Å²) in [5, 5.41) is 2.69. The Morgan fingerprint density at radius 3 is 2.57 bits per heavy atom. The minimum absolute atomic E-state index is 0.0358. The van der Waals surface area contributed by atoms with Crippen LogP contribution in [0.5, 0.6) is 0 Å². The van der Waals surface area contributed by atoms with Crippen LogP contribution in [-0.2, 0) is 20.7 Å². The van der Waals surface area contributed by atoms with E-state index in [4.69, 9.17) is 10.5 Å². The van der Waals surface area contributed by atoms with Gasteiger partial charge in [0, 0.05) is 31.6 Å². The normalized spacial score (nSPS) is 18.8. The van der Waals surface area contributed by atoms with E-state index in [0.29, 0.717) is 19.2 Å². The van der Waals surface area contributed by atoms with Crippen LogP contribution in [0, 0.1) is 17.5 Å². The lowest BCUT2D eigenvalue weighted by Gasteiger charge is -2.36. The molecule has 2 amide bonds. The van der Waals surface area contributed by atoms with Gasteiger partial charge in [-0.05, 0) is 38.8 Å². The molecule has 1 aromatic rings. The van der Waals surface area contributed by atoms with Gasteiger partial charge in [-0.3, -0.25) is 9.59 Å². The van der Waals surface area contributed by atoms with Gasteiger partial charge < -0.3 is 20.7 Å². The number of hydrogen-bond acceptors (Lipinski definition) is 4. The third-order valence-electron chi connectivity index (χ3n) is 4.33. The highest BCUT2D eigenvalue weighted by Gasteiger charge is 2.34. The van der Waals surface area contributed by atoms with E-state index in [-0.39, 0.29) is 36.8 Å². The molecule has 156 valence electrons. The van der Waals surface area contributed by atoms with E-state index in [1.54, 1.807) is 0 Å². The summed E-state index contributed by atoms with van der Waals surface area (Å²) in [7, 11) is 0. The van der Waals surface area contributed by atoms with E-state index in [0.717, 1.165) is 6.07 Å². The Balaban J connectivity index is 2.02. The van der Waals surface area contributed by atoms with Crippen molar-refractivity contribution >= 4 is 11.8 Å². The van der Waals surface area contributed by atoms with Crippen molar-refractivity contribution in [3.8, 4) is 0 Å². The van der Waals surface area contributed by atoms with Crippen molar-refractivity contribution < 1.29 is 27.5 Å². The largest absolute Gasteiger partial charge is 0.373 e. The second-order valence-corrected chi connectivity index (χ2v) is 7.84. The molecule has 0 radical (unpaired) electrons. The molecule has 2 atom stereocenters. The molecular formula is C19H26F3N3O3. The summed E-state index contributed by atoms with van der Waals surface area (Å²) in [5.41, 5.74) is 5.34. The predicted octanol–water partition coefficient (Wildman–Crippen LogP) is 1.51. The van der Waals surface area contributed by atoms with Crippen molar-refractivity contribution in [3.05, 3.63) is 35.1 Å². The minimum atomic E-state index is -1.29. The van der Waals surface area contributed by atoms with Crippen molar-refractivity contribution in [2.45, 2.75) is 51.3 Å². The van der Waals surface area contributed by atoms with Crippen LogP contribution in [0.3, 0.4) is 0 Å². The Labute approximate surface area is 162 Å². The van der Waals surface area contributed by atoms with E-state index in [1.165, 1.54) is 4.90 Å². The number of hydrogen-bond donors (Lipinski definition) is 2. The molecule has 1 fully saturated rings. The second-order valence-electron chi connectivity index (χ2n) is 7.84. The molecule has 1 saturated heterocycles. The fraction of sp³-hybridized carbons (Fsp3) is 0.579. The standard InChI is InChI=1S/C19H26F3N3O3/c1-19(2,3)28-10-16-18(27)24-4-5-25(16)17(26)8-12(23)6-11-7-14(21)15(22)9-13(11)20/h7,9,12,16H,4-6,8,10,23H2,1-3H3,(H,24,27)/t12-,16+/m0/s1. The Morgan fingerprint density at radius 1 is 1.29 bits per heavy atom. The highest BCUT2D eigenvalue weighted by molar-refractivity contribution is 5.89. The zero-order chi connectivity index (χ0) is 21.1. The molecule has 28 heavy (non-hydrogen) atoms. The van der Waals surface area contributed by atoms with Crippen LogP contribution in [0.25, 0.3) is 0 Å². The van der Waals surface area contributed by atoms with Gasteiger partial charge in [0.05, 0.1) is 12.2 Å². The highest BCUT2D eigenvalue weighted by Crippen LogP contribution is 2.17. The van der Waals surface area contributed by atoms with E-state index in [1.807, 2.05) is 20.8 Å². The highest BCUT2D eigenvalue weighted by atomic mass is 19.2. The molecule has 0 aromatic heterocycles. The molecule has 1 aromatic carbocycles. The van der Waals surface area contributed by atoms with Crippen LogP contribution in [0.15, 0.2) is 12.1 Å². The summed E-state index contributed by atoms with van der Waals surface area (Å²) >= 11 is 0. The second kappa shape index (κ2) is 8.91. The lowest BCUT2D eigenvalue weighted by Crippen LogP contribution is -2.60. The van der Waals surface area contributed by atoms with Crippen LogP contribution in [0.2, 0.25) is 0 Å². The molecule has 1 aliphatic rings. The van der Waals surface area contributed by atoms with Crippen molar-refractivity contribution in [1.82, 2.24) is 10.2 Å². The SMILES string of the molecule is CC(C)(C)OC[C@@H]1C(=O)NCCN1C(=O)C[C@@H](N)Cc1cc(F)c(F)cc1F. The van der Waals surface area contributed by atoms with Gasteiger partial charge in [-0.1, -0.05) is 0 Å². The number of nitrogens with one attached hydrogen (secondary N) is 1. The number of carbonyl (C=O) groups excluding carboxylic acids is 2. The summed E-state index contributed by atoms with van der Waals surface area (Å²) in [6.45, 7) is 6.16. The van der Waals surface area contributed by atoms with Gasteiger partial charge in [0.2, 0.25) is 11.8 Å². The first-order valence-corrected chi connectivity index (χ1v) is 9.08. The maximum Gasteiger partial charge on any atom is 0.245 e. The predicted molar refractivity (Wildman–Crippen MR) is 96.8 cm³/mol. The van der Waals surface area contributed by atoms with Crippen LogP contribution in [0.4, 0.5) is 13.2 Å². The van der Waals surface area contributed by atoms with Gasteiger partial charge in [-0.15, -0.1) is 0 Å². The number of carbonyl (C=O) groups is 2. The number of halogens is 3. The lowest BCUT2D eigenvalue weighted by atomic mass is 10.0. The van der Waals surface area contributed by atoms with E-state index in [9.17, 15) is 22.8 Å². The third-order valence-corrected chi connectivity index (χ3v) is 4.33. The van der Waals surface area contributed by atoms with Crippen LogP contribution >= 0.6 is 0 Å². The molecule has 1 aliphatic heterocycles. The van der Waals surface area contributed by atoms with Gasteiger partial charge in [-0.2, -0.15) is 0 Å². The average molecular weight is 401 g/mol. The molecule has 6 nitrogen and oxygen atoms in total. The Bertz CT molecular complexity index is 737. The maximum absolute atomic E-state index is 13.8. The number of rotatable bonds is 6. The van der Waals surface area contributed by atoms with E-state index < -0.39 is 35.1 Å². The number of nitrogens with two attached hydrogens (primary N) is 1. The molecule has 3 N–H and O–H groups in total. The molecule has 9 heteroatoms. The third kappa shape index (κ3) is 5.93. The first kappa shape index (κ1) is 22.2. The first-order chi connectivity index (χ1) is 13.0. The van der Waals surface area contributed by atoms with Crippen LogP contribution < -0.4 is 11.1 Å². The molecule has 0 spiro atoms. The van der Waals surface area contributed by atoms with E-state index >= 15 is 0 Å². The van der Waals surface area contributed by atoms with Gasteiger partial charge in [0.25, 0.3) is 0 Å². The minimum Gasteiger partial charge on any atom is -0.373 e. The molecule has 0 bridgehead atoms. The molecule has 1 heterocycles. The molecular weight excluding hydrogens is 375 g/mol. The van der Waals surface area contributed by atoms with Crippen molar-refractivity contribution in [1.29, 1.82) is 0 Å². The molecule has 2 rings (SSSR count). The Morgan fingerprint density at radius 2 is 1.93 bits per heavy atom. The van der Waals surface area contributed by atoms with Gasteiger partial charge in [0.1, 0.15) is 11.9 Å². The summed E-state index contributed by atoms with van der Waals surface area (Å²) in [5.74, 6) is -4.08. The van der Waals surface area contributed by atoms with Crippen LogP contribution in [0.1, 0.15) is 32.8 Å². The molecule has 0 unspecified atom stereocenters. The number of piperazine rings is 1. The van der Waals surface area contributed by atoms with Crippen molar-refractivity contribution in [2.75, 3.05) is 19.7 Å². The van der Waals surface area contributed by atoms with Crippen molar-refractivity contribution in [2.24, 2.45) is 5.73 Å². The van der Waals surface area contributed by atoms with Gasteiger partial charge in [0.15, 0.2) is 11.6 Å². The monoisotopic (exact) mass is 401 g/mol. The van der Waals surface area contributed by atoms with Crippen LogP contribution in [-0.4, -0.2) is 54.1 Å². The smallest absolute Gasteiger partial charge is 0.245 e. The van der Waals surface area contributed by atoms with Gasteiger partial charge >= 0.3 is 0 Å². The number of benzene rings is 1. The topological polar surface area (TPSA) is 84.7 Å². The maximum atomic E-state index is 13.8. The zero-order valence-corrected chi connectivity index (χ0v) is 16.2. The molecule has 0 saturated carbocycles. The molecule has 0 aliphatic carbocycles.